The lowest BCUT2D eigenvalue weighted by molar-refractivity contribution is -0.211. The third kappa shape index (κ3) is 6.80. The van der Waals surface area contributed by atoms with Gasteiger partial charge in [0.25, 0.3) is 0 Å². The molecular weight excluding hydrogens is 590 g/mol. The zero-order valence-electron chi connectivity index (χ0n) is 27.2. The lowest BCUT2D eigenvalue weighted by Crippen LogP contribution is -2.64. The molecule has 0 aromatic rings. The van der Waals surface area contributed by atoms with Crippen molar-refractivity contribution >= 4 is 29.8 Å². The third-order valence-electron chi connectivity index (χ3n) is 9.23. The molecule has 0 bridgehead atoms. The summed E-state index contributed by atoms with van der Waals surface area (Å²) in [7, 11) is 0. The van der Waals surface area contributed by atoms with Gasteiger partial charge in [0, 0.05) is 25.3 Å². The molecule has 0 unspecified atom stereocenters. The molecule has 1 saturated heterocycles. The predicted octanol–water partition coefficient (Wildman–Crippen LogP) is 2.09. The first-order chi connectivity index (χ1) is 21.0. The number of fused-ring (bicyclic) bond motifs is 3. The summed E-state index contributed by atoms with van der Waals surface area (Å²) in [6.45, 7) is 9.89. The molecule has 13 nitrogen and oxygen atoms in total. The van der Waals surface area contributed by atoms with Crippen LogP contribution in [0.25, 0.3) is 0 Å². The second kappa shape index (κ2) is 14.0. The molecule has 0 aromatic heterocycles. The van der Waals surface area contributed by atoms with Crippen molar-refractivity contribution in [3.05, 3.63) is 22.8 Å². The van der Waals surface area contributed by atoms with Crippen LogP contribution in [-0.2, 0) is 47.7 Å². The molecule has 3 aliphatic rings. The number of hydrogen-bond donors (Lipinski definition) is 3. The molecule has 4 N–H and O–H groups in total. The van der Waals surface area contributed by atoms with Gasteiger partial charge in [-0.25, -0.2) is 9.59 Å². The van der Waals surface area contributed by atoms with E-state index >= 15 is 0 Å². The SMILES string of the molecule is C/C=C(/C)C(=O)O[C@H]1C(C)=C2[C@H]([C@@H]1OC(=O)CCCCCCC)[C@@](C)(OC(C)=O)C[C@H](OC(=O)CN)[C@@]1(O)[C@H]2OC(=O)[C@@]1(C)O. The first kappa shape index (κ1) is 36.2. The highest BCUT2D eigenvalue weighted by atomic mass is 16.6. The second-order valence-electron chi connectivity index (χ2n) is 12.5. The summed E-state index contributed by atoms with van der Waals surface area (Å²) in [4.78, 5) is 64.5. The van der Waals surface area contributed by atoms with Gasteiger partial charge < -0.3 is 39.6 Å². The molecule has 3 rings (SSSR count). The van der Waals surface area contributed by atoms with Crippen LogP contribution in [-0.4, -0.2) is 87.8 Å². The van der Waals surface area contributed by atoms with Crippen LogP contribution in [0.15, 0.2) is 22.8 Å². The van der Waals surface area contributed by atoms with E-state index < -0.39 is 89.9 Å². The summed E-state index contributed by atoms with van der Waals surface area (Å²) in [5.41, 5.74) is -0.837. The van der Waals surface area contributed by atoms with Crippen LogP contribution in [0.4, 0.5) is 0 Å². The van der Waals surface area contributed by atoms with Crippen molar-refractivity contribution in [2.45, 2.75) is 135 Å². The van der Waals surface area contributed by atoms with Crippen LogP contribution in [0.3, 0.4) is 0 Å². The standard InChI is InChI=1S/C32H47NO12/c1-8-10-11-12-13-14-21(35)42-26-24-23(18(4)25(26)43-28(37)17(3)9-2)27-32(40,31(7,39)29(38)44-27)20(41-22(36)16-33)15-30(24,6)45-19(5)34/h9,20,24-27,39-40H,8,10-16,33H2,1-7H3/b17-9-/t20-,24+,25-,26-,27-,30-,31+,32+/m0/s1. The van der Waals surface area contributed by atoms with Crippen LogP contribution in [0.1, 0.15) is 93.4 Å². The molecule has 45 heavy (non-hydrogen) atoms. The van der Waals surface area contributed by atoms with E-state index in [9.17, 15) is 34.2 Å². The van der Waals surface area contributed by atoms with Gasteiger partial charge in [-0.2, -0.15) is 0 Å². The first-order valence-electron chi connectivity index (χ1n) is 15.5. The lowest BCUT2D eigenvalue weighted by atomic mass is 9.75. The molecule has 0 spiro atoms. The van der Waals surface area contributed by atoms with E-state index in [0.717, 1.165) is 39.5 Å². The Bertz CT molecular complexity index is 1250. The van der Waals surface area contributed by atoms with Crippen molar-refractivity contribution in [2.75, 3.05) is 6.54 Å². The van der Waals surface area contributed by atoms with Crippen molar-refractivity contribution in [1.29, 1.82) is 0 Å². The Balaban J connectivity index is 2.23. The number of esters is 5. The maximum atomic E-state index is 13.3. The number of hydrogen-bond acceptors (Lipinski definition) is 13. The number of unbranched alkanes of at least 4 members (excludes halogenated alkanes) is 4. The summed E-state index contributed by atoms with van der Waals surface area (Å²) in [5.74, 6) is -5.41. The molecular formula is C32H47NO12. The topological polar surface area (TPSA) is 198 Å². The molecule has 0 aromatic carbocycles. The van der Waals surface area contributed by atoms with Gasteiger partial charge in [0.05, 0.1) is 12.5 Å². The number of nitrogens with two attached hydrogens (primary N) is 1. The average Bonchev–Trinajstić information content (AvgIpc) is 3.30. The Hall–Kier alpha value is -3.29. The lowest BCUT2D eigenvalue weighted by Gasteiger charge is -2.41. The summed E-state index contributed by atoms with van der Waals surface area (Å²) in [6.07, 6.45) is -0.423. The van der Waals surface area contributed by atoms with Crippen molar-refractivity contribution in [2.24, 2.45) is 11.7 Å². The summed E-state index contributed by atoms with van der Waals surface area (Å²) < 4.78 is 28.9. The van der Waals surface area contributed by atoms with E-state index in [1.54, 1.807) is 26.8 Å². The van der Waals surface area contributed by atoms with Crippen LogP contribution >= 0.6 is 0 Å². The van der Waals surface area contributed by atoms with Crippen LogP contribution in [0.2, 0.25) is 0 Å². The normalized spacial score (nSPS) is 34.3. The van der Waals surface area contributed by atoms with Gasteiger partial charge in [-0.3, -0.25) is 14.4 Å². The van der Waals surface area contributed by atoms with Crippen molar-refractivity contribution < 1.29 is 57.9 Å². The second-order valence-corrected chi connectivity index (χ2v) is 12.5. The molecule has 13 heteroatoms. The van der Waals surface area contributed by atoms with Crippen LogP contribution in [0, 0.1) is 5.92 Å². The van der Waals surface area contributed by atoms with E-state index in [4.69, 9.17) is 29.4 Å². The molecule has 0 radical (unpaired) electrons. The first-order valence-corrected chi connectivity index (χ1v) is 15.5. The Morgan fingerprint density at radius 2 is 1.67 bits per heavy atom. The van der Waals surface area contributed by atoms with E-state index in [0.29, 0.717) is 6.42 Å². The predicted molar refractivity (Wildman–Crippen MR) is 158 cm³/mol. The molecule has 2 aliphatic carbocycles. The van der Waals surface area contributed by atoms with Gasteiger partial charge >= 0.3 is 29.8 Å². The van der Waals surface area contributed by atoms with Gasteiger partial charge in [0.1, 0.15) is 11.7 Å². The molecule has 1 saturated carbocycles. The van der Waals surface area contributed by atoms with Crippen LogP contribution < -0.4 is 5.73 Å². The smallest absolute Gasteiger partial charge is 0.341 e. The summed E-state index contributed by atoms with van der Waals surface area (Å²) >= 11 is 0. The van der Waals surface area contributed by atoms with Gasteiger partial charge in [-0.15, -0.1) is 0 Å². The minimum absolute atomic E-state index is 0.0634. The Morgan fingerprint density at radius 1 is 1.02 bits per heavy atom. The minimum atomic E-state index is -2.62. The van der Waals surface area contributed by atoms with Gasteiger partial charge in [-0.05, 0) is 52.2 Å². The van der Waals surface area contributed by atoms with E-state index in [1.165, 1.54) is 6.92 Å². The quantitative estimate of drug-likeness (QED) is 0.0925. The number of rotatable bonds is 12. The zero-order valence-corrected chi connectivity index (χ0v) is 27.2. The highest BCUT2D eigenvalue weighted by molar-refractivity contribution is 5.88. The fourth-order valence-corrected chi connectivity index (χ4v) is 6.68. The van der Waals surface area contributed by atoms with E-state index in [-0.39, 0.29) is 23.1 Å². The molecule has 1 aliphatic heterocycles. The van der Waals surface area contributed by atoms with Gasteiger partial charge in [-0.1, -0.05) is 38.7 Å². The summed E-state index contributed by atoms with van der Waals surface area (Å²) in [5, 5.41) is 23.6. The molecule has 8 atom stereocenters. The molecule has 1 heterocycles. The van der Waals surface area contributed by atoms with E-state index in [1.807, 2.05) is 0 Å². The van der Waals surface area contributed by atoms with Gasteiger partial charge in [0.2, 0.25) is 0 Å². The highest BCUT2D eigenvalue weighted by Crippen LogP contribution is 2.57. The fourth-order valence-electron chi connectivity index (χ4n) is 6.68. The fraction of sp³-hybridized carbons (Fsp3) is 0.719. The number of carbonyl (C=O) groups is 5. The average molecular weight is 638 g/mol. The molecule has 2 fully saturated rings. The maximum Gasteiger partial charge on any atom is 0.341 e. The number of allylic oxidation sites excluding steroid dienone is 1. The van der Waals surface area contributed by atoms with Crippen LogP contribution in [0.5, 0.6) is 0 Å². The minimum Gasteiger partial charge on any atom is -0.459 e. The zero-order chi connectivity index (χ0) is 33.9. The Morgan fingerprint density at radius 3 is 2.24 bits per heavy atom. The Kier molecular flexibility index (Phi) is 11.3. The molecule has 0 amide bonds. The van der Waals surface area contributed by atoms with E-state index in [2.05, 4.69) is 6.92 Å². The third-order valence-corrected chi connectivity index (χ3v) is 9.23. The van der Waals surface area contributed by atoms with Crippen molar-refractivity contribution in [3.8, 4) is 0 Å². The van der Waals surface area contributed by atoms with Gasteiger partial charge in [0.15, 0.2) is 29.5 Å². The maximum absolute atomic E-state index is 13.3. The van der Waals surface area contributed by atoms with Crippen molar-refractivity contribution in [1.82, 2.24) is 0 Å². The highest BCUT2D eigenvalue weighted by Gasteiger charge is 2.76. The van der Waals surface area contributed by atoms with Crippen molar-refractivity contribution in [3.63, 3.8) is 0 Å². The Labute approximate surface area is 263 Å². The number of aliphatic hydroxyl groups is 2. The summed E-state index contributed by atoms with van der Waals surface area (Å²) in [6, 6.07) is 0. The largest absolute Gasteiger partial charge is 0.459 e. The monoisotopic (exact) mass is 637 g/mol. The number of carbonyl (C=O) groups excluding carboxylic acids is 5. The number of ether oxygens (including phenoxy) is 5. The molecule has 252 valence electrons.